The zero-order valence-corrected chi connectivity index (χ0v) is 27.1. The van der Waals surface area contributed by atoms with Crippen LogP contribution < -0.4 is 20.5 Å². The van der Waals surface area contributed by atoms with Crippen LogP contribution in [0.5, 0.6) is 11.5 Å². The van der Waals surface area contributed by atoms with E-state index < -0.39 is 0 Å². The van der Waals surface area contributed by atoms with E-state index in [0.717, 1.165) is 67.0 Å². The molecule has 10 nitrogen and oxygen atoms in total. The van der Waals surface area contributed by atoms with Crippen molar-refractivity contribution in [2.75, 3.05) is 25.5 Å². The van der Waals surface area contributed by atoms with Crippen LogP contribution in [-0.2, 0) is 32.4 Å². The lowest BCUT2D eigenvalue weighted by Crippen LogP contribution is -2.27. The van der Waals surface area contributed by atoms with Crippen LogP contribution in [0.1, 0.15) is 92.2 Å². The van der Waals surface area contributed by atoms with Gasteiger partial charge in [0, 0.05) is 24.0 Å². The maximum atomic E-state index is 12.5. The van der Waals surface area contributed by atoms with Crippen molar-refractivity contribution < 1.29 is 14.3 Å². The predicted molar refractivity (Wildman–Crippen MR) is 178 cm³/mol. The Hall–Kier alpha value is -4.34. The highest BCUT2D eigenvalue weighted by molar-refractivity contribution is 5.94. The van der Waals surface area contributed by atoms with E-state index in [4.69, 9.17) is 15.2 Å². The Bertz CT molecular complexity index is 1460. The second kappa shape index (κ2) is 17.8. The van der Waals surface area contributed by atoms with Gasteiger partial charge in [0.25, 0.3) is 5.91 Å². The molecule has 0 unspecified atom stereocenters. The molecular formula is C35H49N7O3. The van der Waals surface area contributed by atoms with Gasteiger partial charge in [0.05, 0.1) is 38.2 Å². The summed E-state index contributed by atoms with van der Waals surface area (Å²) >= 11 is 0. The molecule has 1 amide bonds. The summed E-state index contributed by atoms with van der Waals surface area (Å²) in [7, 11) is 0. The molecule has 0 atom stereocenters. The standard InChI is InChI=1S/C35H49N7O3/c1-4-7-9-12-27-15-18-29(19-16-27)34(43)37-21-22-41-26-30(39-40-41)13-10-8-11-14-31-24-38-35(36)42(31)25-28-17-20-32(44-5-2)33(23-28)45-6-3/h15-20,23-24,26H,4-14,21-22,25H2,1-3H3,(H2,36,38)(H,37,43). The molecule has 45 heavy (non-hydrogen) atoms. The minimum Gasteiger partial charge on any atom is -0.490 e. The fourth-order valence-electron chi connectivity index (χ4n) is 5.33. The summed E-state index contributed by atoms with van der Waals surface area (Å²) in [5, 5.41) is 11.5. The number of anilines is 1. The van der Waals surface area contributed by atoms with Crippen LogP contribution in [-0.4, -0.2) is 50.2 Å². The highest BCUT2D eigenvalue weighted by Gasteiger charge is 2.12. The third-order valence-electron chi connectivity index (χ3n) is 7.78. The Morgan fingerprint density at radius 2 is 1.60 bits per heavy atom. The first kappa shape index (κ1) is 33.6. The van der Waals surface area contributed by atoms with Crippen molar-refractivity contribution in [2.45, 2.75) is 91.6 Å². The quantitative estimate of drug-likeness (QED) is 0.117. The first-order valence-electron chi connectivity index (χ1n) is 16.4. The molecule has 0 aliphatic carbocycles. The topological polar surface area (TPSA) is 122 Å². The number of aryl methyl sites for hydroxylation is 3. The Kier molecular flexibility index (Phi) is 13.3. The van der Waals surface area contributed by atoms with Crippen LogP contribution in [0.25, 0.3) is 0 Å². The number of hydrogen-bond donors (Lipinski definition) is 2. The molecule has 0 radical (unpaired) electrons. The number of nitrogens with two attached hydrogens (primary N) is 1. The van der Waals surface area contributed by atoms with Crippen LogP contribution in [0.2, 0.25) is 0 Å². The van der Waals surface area contributed by atoms with Crippen LogP contribution in [0.15, 0.2) is 54.9 Å². The third kappa shape index (κ3) is 10.4. The van der Waals surface area contributed by atoms with E-state index in [9.17, 15) is 4.79 Å². The fourth-order valence-corrected chi connectivity index (χ4v) is 5.33. The molecule has 0 spiro atoms. The van der Waals surface area contributed by atoms with Gasteiger partial charge in [-0.2, -0.15) is 0 Å². The highest BCUT2D eigenvalue weighted by Crippen LogP contribution is 2.29. The van der Waals surface area contributed by atoms with Crippen molar-refractivity contribution in [3.05, 3.63) is 82.9 Å². The highest BCUT2D eigenvalue weighted by atomic mass is 16.5. The summed E-state index contributed by atoms with van der Waals surface area (Å²) in [6.45, 7) is 9.01. The number of nitrogens with one attached hydrogen (secondary N) is 1. The normalized spacial score (nSPS) is 11.1. The molecule has 0 aliphatic heterocycles. The van der Waals surface area contributed by atoms with Crippen molar-refractivity contribution >= 4 is 11.9 Å². The molecule has 2 aromatic heterocycles. The van der Waals surface area contributed by atoms with Gasteiger partial charge in [-0.3, -0.25) is 9.48 Å². The number of aromatic nitrogens is 5. The number of nitrogens with zero attached hydrogens (tertiary/aromatic N) is 5. The second-order valence-electron chi connectivity index (χ2n) is 11.3. The average molecular weight is 616 g/mol. The number of hydrogen-bond acceptors (Lipinski definition) is 7. The molecule has 0 saturated carbocycles. The summed E-state index contributed by atoms with van der Waals surface area (Å²) in [5.41, 5.74) is 11.4. The van der Waals surface area contributed by atoms with Gasteiger partial charge in [-0.05, 0) is 87.8 Å². The molecule has 10 heteroatoms. The van der Waals surface area contributed by atoms with Crippen molar-refractivity contribution in [1.29, 1.82) is 0 Å². The molecular weight excluding hydrogens is 566 g/mol. The zero-order chi connectivity index (χ0) is 31.9. The van der Waals surface area contributed by atoms with Crippen LogP contribution in [0.4, 0.5) is 5.95 Å². The van der Waals surface area contributed by atoms with Gasteiger partial charge in [0.15, 0.2) is 11.5 Å². The van der Waals surface area contributed by atoms with Crippen molar-refractivity contribution in [3.63, 3.8) is 0 Å². The van der Waals surface area contributed by atoms with Crippen LogP contribution in [0, 0.1) is 0 Å². The number of carbonyl (C=O) groups excluding carboxylic acids is 1. The number of carbonyl (C=O) groups is 1. The maximum absolute atomic E-state index is 12.5. The van der Waals surface area contributed by atoms with Crippen LogP contribution >= 0.6 is 0 Å². The van der Waals surface area contributed by atoms with E-state index in [1.807, 2.05) is 56.6 Å². The van der Waals surface area contributed by atoms with Gasteiger partial charge in [0.2, 0.25) is 5.95 Å². The molecule has 242 valence electrons. The number of rotatable bonds is 20. The van der Waals surface area contributed by atoms with E-state index in [0.29, 0.717) is 44.4 Å². The maximum Gasteiger partial charge on any atom is 0.251 e. The number of amides is 1. The van der Waals surface area contributed by atoms with E-state index in [-0.39, 0.29) is 5.91 Å². The monoisotopic (exact) mass is 615 g/mol. The number of benzene rings is 2. The molecule has 0 fully saturated rings. The number of unbranched alkanes of at least 4 members (excludes halogenated alkanes) is 4. The van der Waals surface area contributed by atoms with Gasteiger partial charge in [-0.25, -0.2) is 4.98 Å². The predicted octanol–water partition coefficient (Wildman–Crippen LogP) is 6.02. The van der Waals surface area contributed by atoms with Gasteiger partial charge in [-0.1, -0.05) is 49.6 Å². The van der Waals surface area contributed by atoms with E-state index >= 15 is 0 Å². The fraction of sp³-hybridized carbons (Fsp3) is 0.486. The molecule has 2 aromatic carbocycles. The van der Waals surface area contributed by atoms with Crippen molar-refractivity contribution in [2.24, 2.45) is 0 Å². The molecule has 0 aliphatic rings. The van der Waals surface area contributed by atoms with Gasteiger partial charge in [0.1, 0.15) is 0 Å². The number of ether oxygens (including phenoxy) is 2. The smallest absolute Gasteiger partial charge is 0.251 e. The van der Waals surface area contributed by atoms with Crippen LogP contribution in [0.3, 0.4) is 0 Å². The average Bonchev–Trinajstić information content (AvgIpc) is 3.64. The Labute approximate surface area is 267 Å². The third-order valence-corrected chi connectivity index (χ3v) is 7.78. The largest absolute Gasteiger partial charge is 0.490 e. The molecule has 4 rings (SSSR count). The number of imidazole rings is 1. The Morgan fingerprint density at radius 1 is 0.867 bits per heavy atom. The minimum atomic E-state index is -0.0618. The number of nitrogen functional groups attached to an aromatic ring is 1. The molecule has 3 N–H and O–H groups in total. The first-order chi connectivity index (χ1) is 22.0. The SMILES string of the molecule is CCCCCc1ccc(C(=O)NCCn2cc(CCCCCc3cnc(N)n3Cc3ccc(OCC)c(OCC)c3)nn2)cc1. The van der Waals surface area contributed by atoms with E-state index in [1.54, 1.807) is 4.68 Å². The van der Waals surface area contributed by atoms with E-state index in [2.05, 4.69) is 44.2 Å². The Balaban J connectivity index is 1.16. The Morgan fingerprint density at radius 3 is 2.38 bits per heavy atom. The van der Waals surface area contributed by atoms with Crippen molar-refractivity contribution in [1.82, 2.24) is 29.9 Å². The zero-order valence-electron chi connectivity index (χ0n) is 27.1. The second-order valence-corrected chi connectivity index (χ2v) is 11.3. The van der Waals surface area contributed by atoms with Crippen molar-refractivity contribution in [3.8, 4) is 11.5 Å². The van der Waals surface area contributed by atoms with Gasteiger partial charge < -0.3 is 25.1 Å². The first-order valence-corrected chi connectivity index (χ1v) is 16.4. The lowest BCUT2D eigenvalue weighted by molar-refractivity contribution is 0.0952. The summed E-state index contributed by atoms with van der Waals surface area (Å²) < 4.78 is 15.4. The summed E-state index contributed by atoms with van der Waals surface area (Å²) in [4.78, 5) is 16.9. The summed E-state index contributed by atoms with van der Waals surface area (Å²) in [5.74, 6) is 1.95. The molecule has 4 aromatic rings. The lowest BCUT2D eigenvalue weighted by atomic mass is 10.1. The lowest BCUT2D eigenvalue weighted by Gasteiger charge is -2.14. The van der Waals surface area contributed by atoms with Gasteiger partial charge in [-0.15, -0.1) is 5.10 Å². The molecule has 0 bridgehead atoms. The summed E-state index contributed by atoms with van der Waals surface area (Å²) in [6.07, 6.45) is 13.4. The minimum absolute atomic E-state index is 0.0618. The van der Waals surface area contributed by atoms with E-state index in [1.165, 1.54) is 24.8 Å². The van der Waals surface area contributed by atoms with Gasteiger partial charge >= 0.3 is 0 Å². The molecule has 2 heterocycles. The summed E-state index contributed by atoms with van der Waals surface area (Å²) in [6, 6.07) is 14.0. The molecule has 0 saturated heterocycles.